The zero-order chi connectivity index (χ0) is 16.0. The number of aliphatic imine (C=N–C) groups is 1. The zero-order valence-electron chi connectivity index (χ0n) is 14.5. The fourth-order valence-electron chi connectivity index (χ4n) is 2.83. The minimum absolute atomic E-state index is 0. The molecule has 0 aromatic heterocycles. The number of methoxy groups -OCH3 is 1. The maximum absolute atomic E-state index is 6.08. The molecule has 23 heavy (non-hydrogen) atoms. The number of ether oxygens (including phenoxy) is 1. The Balaban J connectivity index is 0.00000264. The molecule has 0 fully saturated rings. The van der Waals surface area contributed by atoms with Crippen LogP contribution in [0.4, 0.5) is 5.69 Å². The summed E-state index contributed by atoms with van der Waals surface area (Å²) < 4.78 is 5.15. The van der Waals surface area contributed by atoms with E-state index in [1.54, 1.807) is 7.11 Å². The number of nitrogens with one attached hydrogen (secondary N) is 1. The van der Waals surface area contributed by atoms with E-state index in [4.69, 9.17) is 10.5 Å². The van der Waals surface area contributed by atoms with E-state index in [1.165, 1.54) is 30.4 Å². The van der Waals surface area contributed by atoms with E-state index in [1.807, 2.05) is 0 Å². The van der Waals surface area contributed by atoms with Crippen molar-refractivity contribution in [2.45, 2.75) is 46.0 Å². The summed E-state index contributed by atoms with van der Waals surface area (Å²) in [4.78, 5) is 4.52. The van der Waals surface area contributed by atoms with E-state index in [-0.39, 0.29) is 29.4 Å². The Bertz CT molecular complexity index is 529. The van der Waals surface area contributed by atoms with E-state index >= 15 is 0 Å². The predicted molar refractivity (Wildman–Crippen MR) is 109 cm³/mol. The Morgan fingerprint density at radius 1 is 1.30 bits per heavy atom. The number of aryl methyl sites for hydroxylation is 1. The summed E-state index contributed by atoms with van der Waals surface area (Å²) >= 11 is 0. The number of hydrogen-bond donors (Lipinski definition) is 2. The highest BCUT2D eigenvalue weighted by Crippen LogP contribution is 2.27. The highest BCUT2D eigenvalue weighted by molar-refractivity contribution is 14.0. The molecule has 1 aromatic carbocycles. The van der Waals surface area contributed by atoms with Gasteiger partial charge < -0.3 is 15.8 Å². The van der Waals surface area contributed by atoms with E-state index in [2.05, 4.69) is 42.4 Å². The summed E-state index contributed by atoms with van der Waals surface area (Å²) in [5.41, 5.74) is 10.2. The molecular weight excluding hydrogens is 401 g/mol. The molecule has 0 saturated carbocycles. The van der Waals surface area contributed by atoms with Crippen LogP contribution in [0.15, 0.2) is 23.2 Å². The van der Waals surface area contributed by atoms with Crippen LogP contribution < -0.4 is 11.1 Å². The highest BCUT2D eigenvalue weighted by Gasteiger charge is 2.17. The SMILES string of the molecule is COCCC(C)(C)CN=C(N)Nc1cccc2c1CCCC2.I. The van der Waals surface area contributed by atoms with Gasteiger partial charge in [-0.25, -0.2) is 0 Å². The molecule has 0 amide bonds. The number of guanidine groups is 1. The van der Waals surface area contributed by atoms with Gasteiger partial charge in [-0.2, -0.15) is 0 Å². The van der Waals surface area contributed by atoms with Crippen LogP contribution in [0.1, 0.15) is 44.2 Å². The van der Waals surface area contributed by atoms with Crippen molar-refractivity contribution < 1.29 is 4.74 Å². The minimum atomic E-state index is 0. The van der Waals surface area contributed by atoms with Gasteiger partial charge in [-0.15, -0.1) is 24.0 Å². The van der Waals surface area contributed by atoms with Crippen LogP contribution in [-0.4, -0.2) is 26.2 Å². The molecule has 3 N–H and O–H groups in total. The first-order valence-corrected chi connectivity index (χ1v) is 8.18. The lowest BCUT2D eigenvalue weighted by atomic mass is 9.90. The summed E-state index contributed by atoms with van der Waals surface area (Å²) in [5.74, 6) is 0.504. The Hall–Kier alpha value is -0.820. The number of fused-ring (bicyclic) bond motifs is 1. The van der Waals surface area contributed by atoms with Gasteiger partial charge in [0.1, 0.15) is 0 Å². The van der Waals surface area contributed by atoms with E-state index in [9.17, 15) is 0 Å². The van der Waals surface area contributed by atoms with Gasteiger partial charge in [0.25, 0.3) is 0 Å². The third kappa shape index (κ3) is 6.30. The van der Waals surface area contributed by atoms with Crippen LogP contribution >= 0.6 is 24.0 Å². The van der Waals surface area contributed by atoms with Gasteiger partial charge in [-0.1, -0.05) is 26.0 Å². The van der Waals surface area contributed by atoms with Gasteiger partial charge in [0.15, 0.2) is 5.96 Å². The molecule has 4 nitrogen and oxygen atoms in total. The number of nitrogens with two attached hydrogens (primary N) is 1. The standard InChI is InChI=1S/C18H29N3O.HI/c1-18(2,11-12-22-3)13-20-17(19)21-16-10-6-8-14-7-4-5-9-15(14)16;/h6,8,10H,4-5,7,9,11-13H2,1-3H3,(H3,19,20,21);1H. The van der Waals surface area contributed by atoms with Crippen LogP contribution in [0.3, 0.4) is 0 Å². The van der Waals surface area contributed by atoms with Gasteiger partial charge in [0.2, 0.25) is 0 Å². The molecule has 0 radical (unpaired) electrons. The predicted octanol–water partition coefficient (Wildman–Crippen LogP) is 3.97. The molecular formula is C18H30IN3O. The molecule has 0 heterocycles. The zero-order valence-corrected chi connectivity index (χ0v) is 16.9. The number of benzene rings is 1. The Kier molecular flexibility index (Phi) is 8.33. The lowest BCUT2D eigenvalue weighted by molar-refractivity contribution is 0.155. The van der Waals surface area contributed by atoms with Gasteiger partial charge in [0, 0.05) is 25.9 Å². The molecule has 0 spiro atoms. The van der Waals surface area contributed by atoms with Crippen molar-refractivity contribution in [1.29, 1.82) is 0 Å². The fraction of sp³-hybridized carbons (Fsp3) is 0.611. The van der Waals surface area contributed by atoms with Crippen molar-refractivity contribution in [1.82, 2.24) is 0 Å². The van der Waals surface area contributed by atoms with Crippen LogP contribution in [0.2, 0.25) is 0 Å². The van der Waals surface area contributed by atoms with Crippen LogP contribution in [-0.2, 0) is 17.6 Å². The van der Waals surface area contributed by atoms with Crippen molar-refractivity contribution in [3.05, 3.63) is 29.3 Å². The first kappa shape index (κ1) is 20.2. The first-order chi connectivity index (χ1) is 10.5. The normalized spacial score (nSPS) is 14.8. The van der Waals surface area contributed by atoms with Crippen molar-refractivity contribution in [2.75, 3.05) is 25.6 Å². The second-order valence-corrected chi connectivity index (χ2v) is 6.88. The molecule has 1 aliphatic carbocycles. The Morgan fingerprint density at radius 3 is 2.78 bits per heavy atom. The average Bonchev–Trinajstić information content (AvgIpc) is 2.52. The summed E-state index contributed by atoms with van der Waals surface area (Å²) in [7, 11) is 1.73. The highest BCUT2D eigenvalue weighted by atomic mass is 127. The van der Waals surface area contributed by atoms with Gasteiger partial charge >= 0.3 is 0 Å². The molecule has 5 heteroatoms. The largest absolute Gasteiger partial charge is 0.385 e. The quantitative estimate of drug-likeness (QED) is 0.407. The van der Waals surface area contributed by atoms with Crippen molar-refractivity contribution in [3.8, 4) is 0 Å². The Morgan fingerprint density at radius 2 is 2.04 bits per heavy atom. The molecule has 0 atom stereocenters. The third-order valence-electron chi connectivity index (χ3n) is 4.32. The Labute approximate surface area is 157 Å². The van der Waals surface area contributed by atoms with E-state index < -0.39 is 0 Å². The fourth-order valence-corrected chi connectivity index (χ4v) is 2.83. The maximum atomic E-state index is 6.08. The van der Waals surface area contributed by atoms with Crippen LogP contribution in [0.25, 0.3) is 0 Å². The maximum Gasteiger partial charge on any atom is 0.193 e. The number of rotatable bonds is 6. The molecule has 0 saturated heterocycles. The molecule has 0 aliphatic heterocycles. The van der Waals surface area contributed by atoms with Gasteiger partial charge in [-0.3, -0.25) is 4.99 Å². The summed E-state index contributed by atoms with van der Waals surface area (Å²) in [5, 5.41) is 3.30. The average molecular weight is 431 g/mol. The summed E-state index contributed by atoms with van der Waals surface area (Å²) in [6.07, 6.45) is 5.82. The molecule has 130 valence electrons. The number of hydrogen-bond acceptors (Lipinski definition) is 2. The van der Waals surface area contributed by atoms with Gasteiger partial charge in [-0.05, 0) is 54.7 Å². The molecule has 0 bridgehead atoms. The van der Waals surface area contributed by atoms with Crippen LogP contribution in [0.5, 0.6) is 0 Å². The number of anilines is 1. The molecule has 1 aliphatic rings. The first-order valence-electron chi connectivity index (χ1n) is 8.18. The minimum Gasteiger partial charge on any atom is -0.385 e. The lowest BCUT2D eigenvalue weighted by Gasteiger charge is -2.23. The molecule has 1 aromatic rings. The monoisotopic (exact) mass is 431 g/mol. The van der Waals surface area contributed by atoms with Crippen molar-refractivity contribution in [3.63, 3.8) is 0 Å². The molecule has 2 rings (SSSR count). The lowest BCUT2D eigenvalue weighted by Crippen LogP contribution is -2.27. The second kappa shape index (κ2) is 9.47. The molecule has 0 unspecified atom stereocenters. The van der Waals surface area contributed by atoms with Crippen LogP contribution in [0, 0.1) is 5.41 Å². The number of halogens is 1. The van der Waals surface area contributed by atoms with Crippen molar-refractivity contribution >= 4 is 35.6 Å². The summed E-state index contributed by atoms with van der Waals surface area (Å²) in [6, 6.07) is 6.42. The van der Waals surface area contributed by atoms with Crippen molar-refractivity contribution in [2.24, 2.45) is 16.1 Å². The van der Waals surface area contributed by atoms with Gasteiger partial charge in [0.05, 0.1) is 0 Å². The second-order valence-electron chi connectivity index (χ2n) is 6.88. The smallest absolute Gasteiger partial charge is 0.193 e. The number of nitrogens with zero attached hydrogens (tertiary/aromatic N) is 1. The topological polar surface area (TPSA) is 59.6 Å². The van der Waals surface area contributed by atoms with E-state index in [0.717, 1.165) is 25.1 Å². The summed E-state index contributed by atoms with van der Waals surface area (Å²) in [6.45, 7) is 5.83. The third-order valence-corrected chi connectivity index (χ3v) is 4.32. The van der Waals surface area contributed by atoms with E-state index in [0.29, 0.717) is 12.5 Å².